The minimum absolute atomic E-state index is 0.321. The van der Waals surface area contributed by atoms with Crippen LogP contribution < -0.4 is 15.8 Å². The number of nitrogen functional groups attached to an aromatic ring is 1. The van der Waals surface area contributed by atoms with E-state index in [1.54, 1.807) is 0 Å². The molecule has 3 aromatic rings. The average molecular weight is 398 g/mol. The first kappa shape index (κ1) is 19.2. The third kappa shape index (κ3) is 4.65. The highest BCUT2D eigenvalue weighted by Crippen LogP contribution is 2.41. The smallest absolute Gasteiger partial charge is 0.230 e. The lowest BCUT2D eigenvalue weighted by Crippen LogP contribution is -2.20. The molecule has 1 saturated carbocycles. The zero-order valence-electron chi connectivity index (χ0n) is 16.9. The van der Waals surface area contributed by atoms with Gasteiger partial charge in [-0.1, -0.05) is 5.16 Å². The second-order valence-corrected chi connectivity index (χ2v) is 7.53. The molecule has 0 saturated heterocycles. The van der Waals surface area contributed by atoms with Gasteiger partial charge in [0.15, 0.2) is 5.76 Å². The van der Waals surface area contributed by atoms with E-state index in [4.69, 9.17) is 15.0 Å². The van der Waals surface area contributed by atoms with E-state index in [1.807, 2.05) is 38.1 Å². The Morgan fingerprint density at radius 1 is 1.31 bits per heavy atom. The first-order chi connectivity index (χ1) is 14.0. The van der Waals surface area contributed by atoms with Gasteiger partial charge in [0.05, 0.1) is 23.6 Å². The van der Waals surface area contributed by atoms with E-state index in [2.05, 4.69) is 30.6 Å². The zero-order chi connectivity index (χ0) is 20.4. The highest BCUT2D eigenvalue weighted by Gasteiger charge is 2.27. The standard InChI is InChI=1S/C19H26N8O2/c1-11-8-13(29-26-11)10-21-19-22-17(20)16(18(23-19)28-7-6-27(2)3)15-9-14(24-25-15)12-4-5-12/h8-9,12H,4-7,10H2,1-3H3,(H,24,25)(H3,20,21,22,23). The molecule has 3 heterocycles. The summed E-state index contributed by atoms with van der Waals surface area (Å²) in [6.45, 7) is 3.49. The molecular weight excluding hydrogens is 372 g/mol. The fourth-order valence-corrected chi connectivity index (χ4v) is 2.94. The van der Waals surface area contributed by atoms with Crippen LogP contribution in [0.2, 0.25) is 0 Å². The first-order valence-electron chi connectivity index (χ1n) is 9.66. The molecule has 0 amide bonds. The van der Waals surface area contributed by atoms with Crippen molar-refractivity contribution in [2.24, 2.45) is 0 Å². The van der Waals surface area contributed by atoms with Gasteiger partial charge in [-0.25, -0.2) is 0 Å². The van der Waals surface area contributed by atoms with Gasteiger partial charge in [-0.3, -0.25) is 5.10 Å². The van der Waals surface area contributed by atoms with Gasteiger partial charge in [0.25, 0.3) is 0 Å². The van der Waals surface area contributed by atoms with E-state index in [1.165, 1.54) is 12.8 Å². The van der Waals surface area contributed by atoms with Crippen molar-refractivity contribution >= 4 is 11.8 Å². The molecule has 0 atom stereocenters. The van der Waals surface area contributed by atoms with Crippen LogP contribution in [0.25, 0.3) is 11.3 Å². The van der Waals surface area contributed by atoms with Gasteiger partial charge in [-0.15, -0.1) is 0 Å². The highest BCUT2D eigenvalue weighted by atomic mass is 16.5. The third-order valence-electron chi connectivity index (χ3n) is 4.64. The van der Waals surface area contributed by atoms with Crippen LogP contribution in [0.4, 0.5) is 11.8 Å². The average Bonchev–Trinajstić information content (AvgIpc) is 3.26. The predicted molar refractivity (Wildman–Crippen MR) is 109 cm³/mol. The molecule has 0 radical (unpaired) electrons. The van der Waals surface area contributed by atoms with Crippen LogP contribution in [-0.2, 0) is 6.54 Å². The molecule has 1 aliphatic rings. The number of hydrogen-bond donors (Lipinski definition) is 3. The lowest BCUT2D eigenvalue weighted by atomic mass is 10.2. The van der Waals surface area contributed by atoms with Gasteiger partial charge in [0, 0.05) is 18.5 Å². The highest BCUT2D eigenvalue weighted by molar-refractivity contribution is 5.77. The maximum Gasteiger partial charge on any atom is 0.230 e. The van der Waals surface area contributed by atoms with Crippen LogP contribution >= 0.6 is 0 Å². The summed E-state index contributed by atoms with van der Waals surface area (Å²) in [5.74, 6) is 2.32. The summed E-state index contributed by atoms with van der Waals surface area (Å²) in [5.41, 5.74) is 9.55. The van der Waals surface area contributed by atoms with Crippen molar-refractivity contribution in [2.75, 3.05) is 38.3 Å². The second-order valence-electron chi connectivity index (χ2n) is 7.53. The van der Waals surface area contributed by atoms with Crippen LogP contribution in [0.15, 0.2) is 16.7 Å². The van der Waals surface area contributed by atoms with Crippen molar-refractivity contribution in [3.05, 3.63) is 29.3 Å². The lowest BCUT2D eigenvalue weighted by molar-refractivity contribution is 0.255. The first-order valence-corrected chi connectivity index (χ1v) is 9.66. The van der Waals surface area contributed by atoms with Gasteiger partial charge in [-0.2, -0.15) is 15.1 Å². The molecule has 10 heteroatoms. The fourth-order valence-electron chi connectivity index (χ4n) is 2.94. The normalized spacial score (nSPS) is 13.8. The third-order valence-corrected chi connectivity index (χ3v) is 4.64. The fraction of sp³-hybridized carbons (Fsp3) is 0.474. The van der Waals surface area contributed by atoms with Gasteiger partial charge < -0.3 is 25.2 Å². The minimum Gasteiger partial charge on any atom is -0.476 e. The van der Waals surface area contributed by atoms with Gasteiger partial charge in [-0.05, 0) is 39.9 Å². The molecule has 0 unspecified atom stereocenters. The van der Waals surface area contributed by atoms with E-state index in [9.17, 15) is 0 Å². The number of anilines is 2. The van der Waals surface area contributed by atoms with Crippen molar-refractivity contribution in [3.63, 3.8) is 0 Å². The molecule has 0 aliphatic heterocycles. The van der Waals surface area contributed by atoms with Gasteiger partial charge in [0.2, 0.25) is 11.8 Å². The summed E-state index contributed by atoms with van der Waals surface area (Å²) >= 11 is 0. The van der Waals surface area contributed by atoms with Crippen LogP contribution in [-0.4, -0.2) is 57.5 Å². The van der Waals surface area contributed by atoms with E-state index in [0.717, 1.165) is 23.6 Å². The molecule has 0 spiro atoms. The number of H-pyrrole nitrogens is 1. The SMILES string of the molecule is Cc1cc(CNc2nc(N)c(-c3cc(C4CC4)n[nH]3)c(OCCN(C)C)n2)on1. The van der Waals surface area contributed by atoms with Crippen molar-refractivity contribution in [1.29, 1.82) is 0 Å². The maximum absolute atomic E-state index is 6.29. The Morgan fingerprint density at radius 3 is 2.83 bits per heavy atom. The monoisotopic (exact) mass is 398 g/mol. The number of hydrogen-bond acceptors (Lipinski definition) is 9. The summed E-state index contributed by atoms with van der Waals surface area (Å²) in [4.78, 5) is 11.0. The number of ether oxygens (including phenoxy) is 1. The molecule has 4 N–H and O–H groups in total. The summed E-state index contributed by atoms with van der Waals surface area (Å²) in [5, 5.41) is 14.5. The van der Waals surface area contributed by atoms with E-state index < -0.39 is 0 Å². The molecule has 154 valence electrons. The van der Waals surface area contributed by atoms with Gasteiger partial charge >= 0.3 is 0 Å². The van der Waals surface area contributed by atoms with Gasteiger partial charge in [0.1, 0.15) is 18.0 Å². The Hall–Kier alpha value is -3.14. The Balaban J connectivity index is 1.59. The van der Waals surface area contributed by atoms with Crippen LogP contribution in [0.5, 0.6) is 5.88 Å². The van der Waals surface area contributed by atoms with Crippen LogP contribution in [0.3, 0.4) is 0 Å². The number of rotatable bonds is 9. The van der Waals surface area contributed by atoms with Crippen LogP contribution in [0, 0.1) is 6.92 Å². The summed E-state index contributed by atoms with van der Waals surface area (Å²) in [7, 11) is 3.98. The molecule has 3 aromatic heterocycles. The minimum atomic E-state index is 0.321. The lowest BCUT2D eigenvalue weighted by Gasteiger charge is -2.15. The molecule has 0 aromatic carbocycles. The number of aromatic nitrogens is 5. The van der Waals surface area contributed by atoms with Crippen molar-refractivity contribution in [3.8, 4) is 17.1 Å². The Kier molecular flexibility index (Phi) is 5.34. The van der Waals surface area contributed by atoms with E-state index in [0.29, 0.717) is 48.0 Å². The Labute approximate surface area is 168 Å². The maximum atomic E-state index is 6.29. The number of nitrogens with zero attached hydrogens (tertiary/aromatic N) is 5. The topological polar surface area (TPSA) is 131 Å². The molecule has 0 bridgehead atoms. The van der Waals surface area contributed by atoms with E-state index >= 15 is 0 Å². The predicted octanol–water partition coefficient (Wildman–Crippen LogP) is 2.18. The number of nitrogens with one attached hydrogen (secondary N) is 2. The summed E-state index contributed by atoms with van der Waals surface area (Å²) < 4.78 is 11.2. The molecule has 1 aliphatic carbocycles. The summed E-state index contributed by atoms with van der Waals surface area (Å²) in [6.07, 6.45) is 2.35. The largest absolute Gasteiger partial charge is 0.476 e. The van der Waals surface area contributed by atoms with Crippen molar-refractivity contribution < 1.29 is 9.26 Å². The molecule has 29 heavy (non-hydrogen) atoms. The Bertz CT molecular complexity index is 977. The summed E-state index contributed by atoms with van der Waals surface area (Å²) in [6, 6.07) is 3.86. The molecular formula is C19H26N8O2. The number of aryl methyl sites for hydroxylation is 1. The molecule has 10 nitrogen and oxygen atoms in total. The zero-order valence-corrected chi connectivity index (χ0v) is 16.9. The number of nitrogens with two attached hydrogens (primary N) is 1. The molecule has 1 fully saturated rings. The quantitative estimate of drug-likeness (QED) is 0.496. The number of likely N-dealkylation sites (N-methyl/N-ethyl adjacent to an activating group) is 1. The van der Waals surface area contributed by atoms with Crippen molar-refractivity contribution in [1.82, 2.24) is 30.2 Å². The second kappa shape index (κ2) is 8.08. The van der Waals surface area contributed by atoms with E-state index in [-0.39, 0.29) is 0 Å². The van der Waals surface area contributed by atoms with Crippen molar-refractivity contribution in [2.45, 2.75) is 32.2 Å². The number of aromatic amines is 1. The Morgan fingerprint density at radius 2 is 2.14 bits per heavy atom. The molecule has 4 rings (SSSR count). The van der Waals surface area contributed by atoms with Crippen LogP contribution in [0.1, 0.15) is 35.9 Å².